The Hall–Kier alpha value is -3.01. The van der Waals surface area contributed by atoms with Gasteiger partial charge >= 0.3 is 5.65 Å². The number of hydrogen-bond acceptors (Lipinski definition) is 2. The standard InChI is InChI=1S/C23H25N4/c1-16-11-9-10-14-19(16)27-17(2)26(18-12-7-6-8-13-18)22-21(27)24-15-20(25-22)23(3,4)5/h6-15H,1-5H3/q+1. The van der Waals surface area contributed by atoms with Crippen molar-refractivity contribution in [3.05, 3.63) is 77.9 Å². The van der Waals surface area contributed by atoms with Crippen molar-refractivity contribution in [2.45, 2.75) is 40.0 Å². The molecule has 2 aromatic carbocycles. The molecule has 0 aliphatic rings. The normalized spacial score (nSPS) is 11.9. The average Bonchev–Trinajstić information content (AvgIpc) is 2.93. The van der Waals surface area contributed by atoms with Crippen molar-refractivity contribution in [3.8, 4) is 11.4 Å². The number of imidazole rings is 1. The van der Waals surface area contributed by atoms with E-state index < -0.39 is 0 Å². The van der Waals surface area contributed by atoms with Gasteiger partial charge in [0.25, 0.3) is 5.65 Å². The van der Waals surface area contributed by atoms with E-state index in [-0.39, 0.29) is 5.41 Å². The molecule has 2 aromatic heterocycles. The van der Waals surface area contributed by atoms with Crippen molar-refractivity contribution in [3.63, 3.8) is 0 Å². The van der Waals surface area contributed by atoms with Gasteiger partial charge in [-0.25, -0.2) is 9.55 Å². The number of rotatable bonds is 2. The highest BCUT2D eigenvalue weighted by Gasteiger charge is 2.29. The second-order valence-electron chi connectivity index (χ2n) is 7.99. The van der Waals surface area contributed by atoms with E-state index in [1.165, 1.54) is 5.56 Å². The minimum atomic E-state index is -0.0611. The van der Waals surface area contributed by atoms with Crippen LogP contribution in [0.2, 0.25) is 0 Å². The second-order valence-corrected chi connectivity index (χ2v) is 7.99. The Morgan fingerprint density at radius 1 is 0.889 bits per heavy atom. The van der Waals surface area contributed by atoms with Crippen molar-refractivity contribution in [2.24, 2.45) is 0 Å². The van der Waals surface area contributed by atoms with Gasteiger partial charge in [-0.15, -0.1) is 4.98 Å². The Kier molecular flexibility index (Phi) is 4.06. The summed E-state index contributed by atoms with van der Waals surface area (Å²) in [6, 6.07) is 18.8. The van der Waals surface area contributed by atoms with Gasteiger partial charge in [0.15, 0.2) is 0 Å². The lowest BCUT2D eigenvalue weighted by atomic mass is 9.93. The van der Waals surface area contributed by atoms with E-state index in [0.717, 1.165) is 34.2 Å². The molecule has 2 heterocycles. The molecule has 0 radical (unpaired) electrons. The minimum Gasteiger partial charge on any atom is -0.211 e. The van der Waals surface area contributed by atoms with Crippen LogP contribution in [0, 0.1) is 13.8 Å². The SMILES string of the molecule is Cc1ccccc1-[n+]1c(C)n(-c2ccccc2)c2nc(C(C)(C)C)cnc21. The number of para-hydroxylation sites is 2. The summed E-state index contributed by atoms with van der Waals surface area (Å²) in [5, 5.41) is 0. The molecule has 4 aromatic rings. The third-order valence-corrected chi connectivity index (χ3v) is 4.95. The topological polar surface area (TPSA) is 34.6 Å². The van der Waals surface area contributed by atoms with E-state index in [9.17, 15) is 0 Å². The zero-order valence-corrected chi connectivity index (χ0v) is 16.6. The maximum atomic E-state index is 5.04. The lowest BCUT2D eigenvalue weighted by molar-refractivity contribution is -0.577. The fourth-order valence-corrected chi connectivity index (χ4v) is 3.44. The van der Waals surface area contributed by atoms with Gasteiger partial charge in [0.2, 0.25) is 5.82 Å². The first-order valence-corrected chi connectivity index (χ1v) is 9.30. The molecule has 27 heavy (non-hydrogen) atoms. The summed E-state index contributed by atoms with van der Waals surface area (Å²) in [5.41, 5.74) is 6.11. The summed E-state index contributed by atoms with van der Waals surface area (Å²) in [6.45, 7) is 10.8. The Labute approximate surface area is 160 Å². The lowest BCUT2D eigenvalue weighted by Crippen LogP contribution is -2.35. The highest BCUT2D eigenvalue weighted by Crippen LogP contribution is 2.24. The molecule has 4 nitrogen and oxygen atoms in total. The number of nitrogens with zero attached hydrogens (tertiary/aromatic N) is 4. The Morgan fingerprint density at radius 2 is 1.56 bits per heavy atom. The first-order chi connectivity index (χ1) is 12.9. The lowest BCUT2D eigenvalue weighted by Gasteiger charge is -2.15. The number of hydrogen-bond donors (Lipinski definition) is 0. The van der Waals surface area contributed by atoms with E-state index in [0.29, 0.717) is 0 Å². The molecular weight excluding hydrogens is 332 g/mol. The molecule has 0 spiro atoms. The number of benzene rings is 2. The van der Waals surface area contributed by atoms with Crippen LogP contribution < -0.4 is 4.57 Å². The summed E-state index contributed by atoms with van der Waals surface area (Å²) in [7, 11) is 0. The molecule has 0 bridgehead atoms. The number of aromatic nitrogens is 4. The van der Waals surface area contributed by atoms with E-state index >= 15 is 0 Å². The van der Waals surface area contributed by atoms with E-state index in [1.54, 1.807) is 0 Å². The Balaban J connectivity index is 2.12. The van der Waals surface area contributed by atoms with Crippen LogP contribution in [-0.2, 0) is 5.41 Å². The predicted octanol–water partition coefficient (Wildman–Crippen LogP) is 4.61. The van der Waals surface area contributed by atoms with Gasteiger partial charge in [0, 0.05) is 12.3 Å². The maximum Gasteiger partial charge on any atom is 0.327 e. The molecule has 4 heteroatoms. The zero-order valence-electron chi connectivity index (χ0n) is 16.6. The molecule has 0 N–H and O–H groups in total. The van der Waals surface area contributed by atoms with Gasteiger partial charge in [0.1, 0.15) is 17.6 Å². The van der Waals surface area contributed by atoms with Gasteiger partial charge in [-0.05, 0) is 30.7 Å². The van der Waals surface area contributed by atoms with Gasteiger partial charge in [0.05, 0.1) is 5.69 Å². The van der Waals surface area contributed by atoms with Crippen molar-refractivity contribution < 1.29 is 4.57 Å². The molecule has 0 saturated carbocycles. The number of aryl methyl sites for hydroxylation is 1. The molecule has 0 atom stereocenters. The van der Waals surface area contributed by atoms with Crippen molar-refractivity contribution >= 4 is 11.3 Å². The minimum absolute atomic E-state index is 0.0611. The van der Waals surface area contributed by atoms with Crippen LogP contribution in [0.4, 0.5) is 0 Å². The summed E-state index contributed by atoms with van der Waals surface area (Å²) >= 11 is 0. The van der Waals surface area contributed by atoms with Crippen LogP contribution in [0.15, 0.2) is 60.8 Å². The van der Waals surface area contributed by atoms with Crippen LogP contribution in [-0.4, -0.2) is 14.5 Å². The fraction of sp³-hybridized carbons (Fsp3) is 0.261. The summed E-state index contributed by atoms with van der Waals surface area (Å²) in [5.74, 6) is 1.08. The molecule has 136 valence electrons. The maximum absolute atomic E-state index is 5.04. The van der Waals surface area contributed by atoms with E-state index in [4.69, 9.17) is 9.97 Å². The molecule has 0 aliphatic carbocycles. The van der Waals surface area contributed by atoms with Crippen LogP contribution in [0.3, 0.4) is 0 Å². The molecule has 0 aliphatic heterocycles. The van der Waals surface area contributed by atoms with Gasteiger partial charge in [-0.3, -0.25) is 0 Å². The molecular formula is C23H25N4+. The largest absolute Gasteiger partial charge is 0.327 e. The van der Waals surface area contributed by atoms with Crippen molar-refractivity contribution in [2.75, 3.05) is 0 Å². The van der Waals surface area contributed by atoms with Crippen molar-refractivity contribution in [1.82, 2.24) is 14.5 Å². The molecule has 4 rings (SSSR count). The third kappa shape index (κ3) is 2.91. The highest BCUT2D eigenvalue weighted by atomic mass is 15.2. The smallest absolute Gasteiger partial charge is 0.211 e. The van der Waals surface area contributed by atoms with Crippen LogP contribution in [0.1, 0.15) is 37.9 Å². The molecule has 0 amide bonds. The first-order valence-electron chi connectivity index (χ1n) is 9.30. The molecule has 0 unspecified atom stereocenters. The van der Waals surface area contributed by atoms with E-state index in [2.05, 4.69) is 92.3 Å². The first kappa shape index (κ1) is 17.4. The summed E-state index contributed by atoms with van der Waals surface area (Å²) in [4.78, 5) is 9.89. The van der Waals surface area contributed by atoms with Crippen molar-refractivity contribution in [1.29, 1.82) is 0 Å². The third-order valence-electron chi connectivity index (χ3n) is 4.95. The van der Waals surface area contributed by atoms with Crippen LogP contribution in [0.25, 0.3) is 22.7 Å². The fourth-order valence-electron chi connectivity index (χ4n) is 3.44. The average molecular weight is 357 g/mol. The predicted molar refractivity (Wildman–Crippen MR) is 109 cm³/mol. The van der Waals surface area contributed by atoms with Gasteiger partial charge in [-0.1, -0.05) is 57.2 Å². The van der Waals surface area contributed by atoms with Gasteiger partial charge < -0.3 is 0 Å². The summed E-state index contributed by atoms with van der Waals surface area (Å²) in [6.07, 6.45) is 1.91. The Morgan fingerprint density at radius 3 is 2.22 bits per heavy atom. The Bertz CT molecular complexity index is 1120. The second kappa shape index (κ2) is 6.31. The monoisotopic (exact) mass is 357 g/mol. The quantitative estimate of drug-likeness (QED) is 0.491. The summed E-state index contributed by atoms with van der Waals surface area (Å²) < 4.78 is 4.40. The number of fused-ring (bicyclic) bond motifs is 1. The van der Waals surface area contributed by atoms with Crippen LogP contribution >= 0.6 is 0 Å². The van der Waals surface area contributed by atoms with E-state index in [1.807, 2.05) is 12.3 Å². The zero-order chi connectivity index (χ0) is 19.2. The molecule has 0 saturated heterocycles. The van der Waals surface area contributed by atoms with Crippen LogP contribution in [0.5, 0.6) is 0 Å². The molecule has 0 fully saturated rings. The van der Waals surface area contributed by atoms with Gasteiger partial charge in [-0.2, -0.15) is 4.57 Å². The highest BCUT2D eigenvalue weighted by molar-refractivity contribution is 5.67.